The molecule has 0 amide bonds. The maximum Gasteiger partial charge on any atom is 0.704 e. The fourth-order valence-electron chi connectivity index (χ4n) is 13.8. The van der Waals surface area contributed by atoms with Crippen molar-refractivity contribution in [1.29, 1.82) is 0 Å². The molecule has 0 aromatic heterocycles. The SMILES string of the molecule is CCCCC(CCC[N+](CCCC)(CCCC)CCCC)(CCC[N+](CCCC)(CCCC)CCCC)c1cc(C)c2c(c1)C=[N+]1C3CCCCC3[N+]3=Cc4cc(C(C)(C)C)cc(C(C)(C)C)c4OC13O2. The van der Waals surface area contributed by atoms with Crippen molar-refractivity contribution in [3.05, 3.63) is 57.6 Å². The quantitative estimate of drug-likeness (QED) is 0.0575. The number of aryl methyl sites for hydroxylation is 1. The van der Waals surface area contributed by atoms with E-state index in [4.69, 9.17) is 9.47 Å². The average Bonchev–Trinajstić information content (AvgIpc) is 3.62. The van der Waals surface area contributed by atoms with Crippen LogP contribution in [0.4, 0.5) is 0 Å². The Balaban J connectivity index is 1.48. The minimum Gasteiger partial charge on any atom is -0.340 e. The lowest BCUT2D eigenvalue weighted by molar-refractivity contribution is -0.929. The van der Waals surface area contributed by atoms with Crippen LogP contribution < -0.4 is 9.47 Å². The minimum atomic E-state index is -1.04. The predicted molar refractivity (Wildman–Crippen MR) is 304 cm³/mol. The Morgan fingerprint density at radius 1 is 0.479 bits per heavy atom. The zero-order chi connectivity index (χ0) is 51.5. The first-order valence-electron chi connectivity index (χ1n) is 30.6. The Bertz CT molecular complexity index is 1990. The molecule has 1 saturated carbocycles. The number of benzene rings is 2. The Morgan fingerprint density at radius 2 is 0.859 bits per heavy atom. The zero-order valence-corrected chi connectivity index (χ0v) is 49.1. The second kappa shape index (κ2) is 25.2. The van der Waals surface area contributed by atoms with Crippen molar-refractivity contribution in [3.63, 3.8) is 0 Å². The third-order valence-corrected chi connectivity index (χ3v) is 18.3. The average molecular weight is 982 g/mol. The predicted octanol–water partition coefficient (Wildman–Crippen LogP) is 16.3. The van der Waals surface area contributed by atoms with Gasteiger partial charge in [-0.3, -0.25) is 0 Å². The molecule has 0 N–H and O–H groups in total. The molecule has 1 spiro atoms. The molecule has 400 valence electrons. The van der Waals surface area contributed by atoms with Gasteiger partial charge in [-0.2, -0.15) is 0 Å². The second-order valence-electron chi connectivity index (χ2n) is 26.1. The summed E-state index contributed by atoms with van der Waals surface area (Å²) in [4.78, 5) is 0. The van der Waals surface area contributed by atoms with Gasteiger partial charge in [0.1, 0.15) is 0 Å². The van der Waals surface area contributed by atoms with Gasteiger partial charge in [-0.15, -0.1) is 0 Å². The van der Waals surface area contributed by atoms with E-state index < -0.39 is 6.03 Å². The van der Waals surface area contributed by atoms with Crippen molar-refractivity contribution in [2.24, 2.45) is 0 Å². The van der Waals surface area contributed by atoms with E-state index in [1.807, 2.05) is 0 Å². The summed E-state index contributed by atoms with van der Waals surface area (Å²) in [6, 6.07) is 9.74. The Morgan fingerprint density at radius 3 is 1.27 bits per heavy atom. The number of quaternary nitrogens is 2. The summed E-state index contributed by atoms with van der Waals surface area (Å²) in [5.41, 5.74) is 8.01. The number of nitrogens with zero attached hydrogens (tertiary/aromatic N) is 4. The molecular weight excluding hydrogens is 869 g/mol. The molecule has 6 rings (SSSR count). The van der Waals surface area contributed by atoms with Crippen molar-refractivity contribution < 1.29 is 27.6 Å². The van der Waals surface area contributed by atoms with E-state index in [1.54, 1.807) is 5.56 Å². The van der Waals surface area contributed by atoms with Gasteiger partial charge in [-0.1, -0.05) is 163 Å². The van der Waals surface area contributed by atoms with E-state index in [2.05, 4.69) is 143 Å². The Hall–Kier alpha value is -2.70. The first-order chi connectivity index (χ1) is 33.9. The van der Waals surface area contributed by atoms with Gasteiger partial charge < -0.3 is 18.4 Å². The number of rotatable bonds is 30. The van der Waals surface area contributed by atoms with Crippen molar-refractivity contribution >= 4 is 12.4 Å². The van der Waals surface area contributed by atoms with Gasteiger partial charge in [0.05, 0.1) is 63.5 Å². The van der Waals surface area contributed by atoms with Gasteiger partial charge in [0.25, 0.3) is 0 Å². The van der Waals surface area contributed by atoms with E-state index in [-0.39, 0.29) is 16.2 Å². The lowest BCUT2D eigenvalue weighted by Crippen LogP contribution is -2.60. The fourth-order valence-corrected chi connectivity index (χ4v) is 13.8. The highest BCUT2D eigenvalue weighted by atomic mass is 16.7. The number of ether oxygens (including phenoxy) is 2. The van der Waals surface area contributed by atoms with Gasteiger partial charge in [-0.25, -0.2) is 0 Å². The fraction of sp³-hybridized carbons (Fsp3) is 0.785. The third kappa shape index (κ3) is 13.2. The van der Waals surface area contributed by atoms with Crippen LogP contribution in [0, 0.1) is 6.92 Å². The molecule has 1 saturated heterocycles. The molecule has 0 bridgehead atoms. The number of hydrogen-bond donors (Lipinski definition) is 0. The van der Waals surface area contributed by atoms with Gasteiger partial charge in [0, 0.05) is 18.4 Å². The minimum absolute atomic E-state index is 0.0282. The number of unbranched alkanes of at least 4 members (excludes halogenated alkanes) is 7. The summed E-state index contributed by atoms with van der Waals surface area (Å²) in [6.45, 7) is 44.0. The van der Waals surface area contributed by atoms with E-state index in [0.29, 0.717) is 12.1 Å². The van der Waals surface area contributed by atoms with Crippen LogP contribution in [0.3, 0.4) is 0 Å². The molecule has 2 fully saturated rings. The normalized spacial score (nSPS) is 20.0. The molecule has 6 heteroatoms. The summed E-state index contributed by atoms with van der Waals surface area (Å²) in [5, 5.41) is 0. The van der Waals surface area contributed by atoms with Crippen molar-refractivity contribution in [1.82, 2.24) is 0 Å². The van der Waals surface area contributed by atoms with E-state index in [9.17, 15) is 0 Å². The van der Waals surface area contributed by atoms with Crippen molar-refractivity contribution in [2.75, 3.05) is 52.4 Å². The lowest BCUT2D eigenvalue weighted by Gasteiger charge is -2.43. The summed E-state index contributed by atoms with van der Waals surface area (Å²) in [5.74, 6) is 2.01. The molecular formula is C65H112N4O2+4. The monoisotopic (exact) mass is 981 g/mol. The van der Waals surface area contributed by atoms with Crippen LogP contribution in [-0.4, -0.2) is 101 Å². The van der Waals surface area contributed by atoms with Crippen LogP contribution in [0.1, 0.15) is 271 Å². The van der Waals surface area contributed by atoms with Gasteiger partial charge in [0.2, 0.25) is 12.1 Å². The highest BCUT2D eigenvalue weighted by Gasteiger charge is 2.76. The summed E-state index contributed by atoms with van der Waals surface area (Å²) < 4.78 is 23.1. The van der Waals surface area contributed by atoms with Crippen molar-refractivity contribution in [2.45, 2.75) is 279 Å². The van der Waals surface area contributed by atoms with Crippen LogP contribution in [0.25, 0.3) is 0 Å². The maximum absolute atomic E-state index is 7.68. The molecule has 2 aromatic rings. The van der Waals surface area contributed by atoms with Crippen LogP contribution in [0.15, 0.2) is 24.3 Å². The van der Waals surface area contributed by atoms with Crippen LogP contribution >= 0.6 is 0 Å². The van der Waals surface area contributed by atoms with E-state index in [0.717, 1.165) is 24.3 Å². The molecule has 0 radical (unpaired) electrons. The molecule has 4 aliphatic rings. The zero-order valence-electron chi connectivity index (χ0n) is 49.1. The third-order valence-electron chi connectivity index (χ3n) is 18.3. The number of hydrogen-bond acceptors (Lipinski definition) is 2. The largest absolute Gasteiger partial charge is 0.704 e. The Kier molecular flexibility index (Phi) is 20.5. The van der Waals surface area contributed by atoms with Crippen LogP contribution in [0.5, 0.6) is 11.5 Å². The van der Waals surface area contributed by atoms with E-state index in [1.165, 1.54) is 224 Å². The standard InChI is InChI=1S/C65H112N4O2/c1-15-22-35-64(36-31-44-68(38-23-16-2,39-24-17-3)40-25-18-4,37-32-45-69(41-26-19-5,42-27-20-6)43-28-21-7)56-46-52(8)60-53(48-56)50-66-58-33-29-30-34-59(58)67-51-54-47-55(62(9,10)11)49-57(63(12,13)14)61(54)71-65(66,67)70-60/h46-51,58-59H,15-45H2,1-14H3/q+4. The molecule has 3 aliphatic heterocycles. The number of fused-ring (bicyclic) bond motifs is 5. The first-order valence-corrected chi connectivity index (χ1v) is 30.6. The smallest absolute Gasteiger partial charge is 0.340 e. The molecule has 3 heterocycles. The van der Waals surface area contributed by atoms with Crippen LogP contribution in [0.2, 0.25) is 0 Å². The molecule has 1 aliphatic carbocycles. The summed E-state index contributed by atoms with van der Waals surface area (Å²) in [6.07, 6.45) is 34.6. The Labute approximate surface area is 438 Å². The topological polar surface area (TPSA) is 24.5 Å². The van der Waals surface area contributed by atoms with E-state index >= 15 is 0 Å². The highest BCUT2D eigenvalue weighted by molar-refractivity contribution is 5.85. The van der Waals surface area contributed by atoms with Gasteiger partial charge >= 0.3 is 6.03 Å². The maximum atomic E-state index is 7.68. The van der Waals surface area contributed by atoms with Crippen LogP contribution in [-0.2, 0) is 16.2 Å². The van der Waals surface area contributed by atoms with Gasteiger partial charge in [0.15, 0.2) is 23.9 Å². The summed E-state index contributed by atoms with van der Waals surface area (Å²) >= 11 is 0. The highest BCUT2D eigenvalue weighted by Crippen LogP contribution is 2.50. The molecule has 3 unspecified atom stereocenters. The lowest BCUT2D eigenvalue weighted by atomic mass is 9.69. The molecule has 71 heavy (non-hydrogen) atoms. The molecule has 2 aromatic carbocycles. The molecule has 6 nitrogen and oxygen atoms in total. The molecule has 3 atom stereocenters. The van der Waals surface area contributed by atoms with Gasteiger partial charge in [-0.05, 0) is 135 Å². The second-order valence-corrected chi connectivity index (χ2v) is 26.1. The summed E-state index contributed by atoms with van der Waals surface area (Å²) in [7, 11) is 0. The first kappa shape index (κ1) is 57.6. The van der Waals surface area contributed by atoms with Crippen molar-refractivity contribution in [3.8, 4) is 11.5 Å².